The molecule has 4 rings (SSSR count). The SMILES string of the molecule is O=C(COC1CNC1)N(Cc1nccs1)C1CC12CCNCC2. The van der Waals surface area contributed by atoms with Crippen molar-refractivity contribution in [2.45, 2.75) is 38.0 Å². The highest BCUT2D eigenvalue weighted by Gasteiger charge is 2.57. The molecule has 2 aliphatic heterocycles. The van der Waals surface area contributed by atoms with Crippen LogP contribution in [0.5, 0.6) is 0 Å². The molecule has 23 heavy (non-hydrogen) atoms. The lowest BCUT2D eigenvalue weighted by molar-refractivity contribution is -0.141. The van der Waals surface area contributed by atoms with Gasteiger partial charge in [-0.3, -0.25) is 4.79 Å². The molecule has 3 aliphatic rings. The second kappa shape index (κ2) is 6.47. The zero-order valence-electron chi connectivity index (χ0n) is 13.3. The Morgan fingerprint density at radius 2 is 2.22 bits per heavy atom. The zero-order chi connectivity index (χ0) is 15.7. The van der Waals surface area contributed by atoms with Gasteiger partial charge in [0.25, 0.3) is 0 Å². The fourth-order valence-electron chi connectivity index (χ4n) is 3.73. The van der Waals surface area contributed by atoms with E-state index in [-0.39, 0.29) is 18.6 Å². The zero-order valence-corrected chi connectivity index (χ0v) is 14.1. The average molecular weight is 336 g/mol. The summed E-state index contributed by atoms with van der Waals surface area (Å²) in [6.45, 7) is 4.68. The molecular formula is C16H24N4O2S. The molecule has 0 radical (unpaired) electrons. The van der Waals surface area contributed by atoms with Gasteiger partial charge in [-0.1, -0.05) is 0 Å². The summed E-state index contributed by atoms with van der Waals surface area (Å²) in [5, 5.41) is 9.58. The first-order chi connectivity index (χ1) is 11.3. The highest BCUT2D eigenvalue weighted by atomic mass is 32.1. The Hall–Kier alpha value is -1.02. The number of aromatic nitrogens is 1. The van der Waals surface area contributed by atoms with Crippen molar-refractivity contribution < 1.29 is 9.53 Å². The third-order valence-electron chi connectivity index (χ3n) is 5.42. The molecular weight excluding hydrogens is 312 g/mol. The number of piperidine rings is 1. The smallest absolute Gasteiger partial charge is 0.249 e. The maximum Gasteiger partial charge on any atom is 0.249 e. The minimum Gasteiger partial charge on any atom is -0.366 e. The van der Waals surface area contributed by atoms with Crippen LogP contribution in [0.4, 0.5) is 0 Å². The van der Waals surface area contributed by atoms with E-state index in [1.165, 1.54) is 12.8 Å². The Balaban J connectivity index is 1.41. The first-order valence-corrected chi connectivity index (χ1v) is 9.36. The van der Waals surface area contributed by atoms with Crippen molar-refractivity contribution in [1.29, 1.82) is 0 Å². The van der Waals surface area contributed by atoms with Crippen molar-refractivity contribution >= 4 is 17.2 Å². The molecule has 2 saturated heterocycles. The van der Waals surface area contributed by atoms with Crippen LogP contribution in [0.3, 0.4) is 0 Å². The van der Waals surface area contributed by atoms with Gasteiger partial charge in [-0.15, -0.1) is 11.3 Å². The fourth-order valence-corrected chi connectivity index (χ4v) is 4.34. The van der Waals surface area contributed by atoms with E-state index >= 15 is 0 Å². The van der Waals surface area contributed by atoms with Crippen LogP contribution in [0.2, 0.25) is 0 Å². The number of hydrogen-bond acceptors (Lipinski definition) is 6. The lowest BCUT2D eigenvalue weighted by atomic mass is 9.93. The van der Waals surface area contributed by atoms with Crippen molar-refractivity contribution in [3.05, 3.63) is 16.6 Å². The molecule has 1 atom stereocenters. The molecule has 1 aromatic heterocycles. The predicted molar refractivity (Wildman–Crippen MR) is 88.2 cm³/mol. The molecule has 6 nitrogen and oxygen atoms in total. The van der Waals surface area contributed by atoms with Crippen LogP contribution in [-0.2, 0) is 16.1 Å². The van der Waals surface area contributed by atoms with Crippen LogP contribution in [-0.4, -0.2) is 60.7 Å². The number of nitrogens with zero attached hydrogens (tertiary/aromatic N) is 2. The molecule has 1 spiro atoms. The van der Waals surface area contributed by atoms with E-state index in [9.17, 15) is 4.79 Å². The van der Waals surface area contributed by atoms with Gasteiger partial charge < -0.3 is 20.3 Å². The van der Waals surface area contributed by atoms with Gasteiger partial charge in [0.2, 0.25) is 5.91 Å². The van der Waals surface area contributed by atoms with E-state index in [0.29, 0.717) is 18.0 Å². The minimum absolute atomic E-state index is 0.118. The van der Waals surface area contributed by atoms with E-state index < -0.39 is 0 Å². The monoisotopic (exact) mass is 336 g/mol. The van der Waals surface area contributed by atoms with Crippen molar-refractivity contribution in [1.82, 2.24) is 20.5 Å². The third-order valence-corrected chi connectivity index (χ3v) is 6.18. The first kappa shape index (κ1) is 15.5. The van der Waals surface area contributed by atoms with Crippen molar-refractivity contribution in [3.8, 4) is 0 Å². The number of ether oxygens (including phenoxy) is 1. The van der Waals surface area contributed by atoms with Gasteiger partial charge in [-0.25, -0.2) is 4.98 Å². The van der Waals surface area contributed by atoms with Gasteiger partial charge in [0.1, 0.15) is 11.6 Å². The number of thiazole rings is 1. The number of carbonyl (C=O) groups excluding carboxylic acids is 1. The Bertz CT molecular complexity index is 540. The van der Waals surface area contributed by atoms with E-state index in [2.05, 4.69) is 15.6 Å². The molecule has 1 aliphatic carbocycles. The van der Waals surface area contributed by atoms with Crippen LogP contribution in [0.15, 0.2) is 11.6 Å². The Kier molecular flexibility index (Phi) is 4.36. The van der Waals surface area contributed by atoms with E-state index in [0.717, 1.165) is 37.6 Å². The topological polar surface area (TPSA) is 66.5 Å². The van der Waals surface area contributed by atoms with E-state index in [1.807, 2.05) is 16.5 Å². The summed E-state index contributed by atoms with van der Waals surface area (Å²) in [5.41, 5.74) is 0.343. The molecule has 3 heterocycles. The molecule has 1 aromatic rings. The summed E-state index contributed by atoms with van der Waals surface area (Å²) in [4.78, 5) is 19.2. The van der Waals surface area contributed by atoms with Crippen LogP contribution in [0.1, 0.15) is 24.3 Å². The first-order valence-electron chi connectivity index (χ1n) is 8.48. The van der Waals surface area contributed by atoms with Gasteiger partial charge in [0.05, 0.1) is 12.6 Å². The predicted octanol–water partition coefficient (Wildman–Crippen LogP) is 0.602. The Labute approximate surface area is 140 Å². The third kappa shape index (κ3) is 3.28. The normalized spacial score (nSPS) is 26.0. The summed E-state index contributed by atoms with van der Waals surface area (Å²) in [6.07, 6.45) is 5.50. The Morgan fingerprint density at radius 3 is 2.87 bits per heavy atom. The summed E-state index contributed by atoms with van der Waals surface area (Å²) in [6, 6.07) is 0.365. The highest BCUT2D eigenvalue weighted by molar-refractivity contribution is 7.09. The molecule has 7 heteroatoms. The van der Waals surface area contributed by atoms with Crippen LogP contribution in [0.25, 0.3) is 0 Å². The van der Waals surface area contributed by atoms with Gasteiger partial charge in [-0.05, 0) is 37.8 Å². The maximum atomic E-state index is 12.8. The quantitative estimate of drug-likeness (QED) is 0.796. The molecule has 126 valence electrons. The summed E-state index contributed by atoms with van der Waals surface area (Å²) in [5.74, 6) is 0.118. The van der Waals surface area contributed by atoms with E-state index in [1.54, 1.807) is 11.3 Å². The van der Waals surface area contributed by atoms with Crippen LogP contribution in [0, 0.1) is 5.41 Å². The van der Waals surface area contributed by atoms with Crippen molar-refractivity contribution in [3.63, 3.8) is 0 Å². The van der Waals surface area contributed by atoms with Gasteiger partial charge in [0, 0.05) is 30.7 Å². The fraction of sp³-hybridized carbons (Fsp3) is 0.750. The van der Waals surface area contributed by atoms with Crippen molar-refractivity contribution in [2.75, 3.05) is 32.8 Å². The maximum absolute atomic E-state index is 12.8. The Morgan fingerprint density at radius 1 is 1.39 bits per heavy atom. The summed E-state index contributed by atoms with van der Waals surface area (Å²) in [7, 11) is 0. The number of rotatable bonds is 6. The second-order valence-corrected chi connectivity index (χ2v) is 7.85. The second-order valence-electron chi connectivity index (χ2n) is 6.87. The highest BCUT2D eigenvalue weighted by Crippen LogP contribution is 2.56. The molecule has 2 N–H and O–H groups in total. The molecule has 3 fully saturated rings. The summed E-state index contributed by atoms with van der Waals surface area (Å²) < 4.78 is 5.71. The number of carbonyl (C=O) groups is 1. The number of nitrogens with one attached hydrogen (secondary N) is 2. The van der Waals surface area contributed by atoms with Gasteiger partial charge >= 0.3 is 0 Å². The van der Waals surface area contributed by atoms with Gasteiger partial charge in [0.15, 0.2) is 0 Å². The molecule has 1 amide bonds. The molecule has 0 aromatic carbocycles. The minimum atomic E-state index is 0.118. The van der Waals surface area contributed by atoms with Crippen LogP contribution < -0.4 is 10.6 Å². The lowest BCUT2D eigenvalue weighted by Crippen LogP contribution is -2.50. The molecule has 1 unspecified atom stereocenters. The van der Waals surface area contributed by atoms with Gasteiger partial charge in [-0.2, -0.15) is 0 Å². The standard InChI is InChI=1S/C16H24N4O2S/c21-15(11-22-12-8-18-9-12)20(10-14-19-5-6-23-14)13-7-16(13)1-3-17-4-2-16/h5-6,12-13,17-18H,1-4,7-11H2. The van der Waals surface area contributed by atoms with Crippen molar-refractivity contribution in [2.24, 2.45) is 5.41 Å². The average Bonchev–Trinajstić information content (AvgIpc) is 2.96. The largest absolute Gasteiger partial charge is 0.366 e. The molecule has 0 bridgehead atoms. The number of hydrogen-bond donors (Lipinski definition) is 2. The molecule has 1 saturated carbocycles. The lowest BCUT2D eigenvalue weighted by Gasteiger charge is -2.31. The summed E-state index contributed by atoms with van der Waals surface area (Å²) >= 11 is 1.62. The van der Waals surface area contributed by atoms with E-state index in [4.69, 9.17) is 4.74 Å². The van der Waals surface area contributed by atoms with Crippen LogP contribution >= 0.6 is 11.3 Å². The number of amides is 1.